The number of carbonyl (C=O) groups is 1. The number of nitrogens with zero attached hydrogens (tertiary/aromatic N) is 2. The van der Waals surface area contributed by atoms with Crippen molar-refractivity contribution >= 4 is 5.91 Å². The molecule has 1 fully saturated rings. The maximum atomic E-state index is 12.2. The molecule has 104 valence electrons. The van der Waals surface area contributed by atoms with Crippen molar-refractivity contribution < 1.29 is 9.90 Å². The summed E-state index contributed by atoms with van der Waals surface area (Å²) in [6.45, 7) is 0.00408. The third-order valence-corrected chi connectivity index (χ3v) is 3.89. The first-order valence-corrected chi connectivity index (χ1v) is 6.76. The lowest BCUT2D eigenvalue weighted by atomic mass is 9.77. The summed E-state index contributed by atoms with van der Waals surface area (Å²) >= 11 is 0. The molecule has 5 heteroatoms. The number of amides is 1. The van der Waals surface area contributed by atoms with Crippen molar-refractivity contribution in [3.63, 3.8) is 0 Å². The molecule has 0 bridgehead atoms. The fraction of sp³-hybridized carbons (Fsp3) is 0.333. The van der Waals surface area contributed by atoms with Crippen molar-refractivity contribution in [2.75, 3.05) is 6.61 Å². The van der Waals surface area contributed by atoms with Crippen LogP contribution in [0.5, 0.6) is 0 Å². The van der Waals surface area contributed by atoms with Gasteiger partial charge in [0.15, 0.2) is 0 Å². The van der Waals surface area contributed by atoms with Gasteiger partial charge in [0.05, 0.1) is 17.8 Å². The first-order chi connectivity index (χ1) is 9.72. The number of hydrogen-bond donors (Lipinski definition) is 2. The Morgan fingerprint density at radius 3 is 2.60 bits per heavy atom. The van der Waals surface area contributed by atoms with Crippen LogP contribution in [0.2, 0.25) is 0 Å². The van der Waals surface area contributed by atoms with E-state index in [2.05, 4.69) is 10.4 Å². The van der Waals surface area contributed by atoms with Crippen LogP contribution in [0.3, 0.4) is 0 Å². The Labute approximate surface area is 117 Å². The molecule has 2 N–H and O–H groups in total. The minimum absolute atomic E-state index is 0.00408. The third-order valence-electron chi connectivity index (χ3n) is 3.89. The predicted octanol–water partition coefficient (Wildman–Crippen LogP) is 1.52. The second-order valence-corrected chi connectivity index (χ2v) is 5.24. The summed E-state index contributed by atoms with van der Waals surface area (Å²) in [5.74, 6) is -0.134. The average molecular weight is 271 g/mol. The smallest absolute Gasteiger partial charge is 0.251 e. The van der Waals surface area contributed by atoms with E-state index in [4.69, 9.17) is 0 Å². The Morgan fingerprint density at radius 1 is 1.35 bits per heavy atom. The Balaban J connectivity index is 1.73. The Bertz CT molecular complexity index is 581. The molecule has 3 rings (SSSR count). The van der Waals surface area contributed by atoms with Crippen LogP contribution in [-0.4, -0.2) is 32.9 Å². The van der Waals surface area contributed by atoms with E-state index in [-0.39, 0.29) is 12.5 Å². The summed E-state index contributed by atoms with van der Waals surface area (Å²) in [6.07, 6.45) is 6.31. The molecule has 1 saturated carbocycles. The van der Waals surface area contributed by atoms with Gasteiger partial charge in [-0.25, -0.2) is 4.68 Å². The first-order valence-electron chi connectivity index (χ1n) is 6.76. The number of aliphatic hydroxyl groups excluding tert-OH is 1. The van der Waals surface area contributed by atoms with E-state index in [9.17, 15) is 9.90 Å². The lowest BCUT2D eigenvalue weighted by Crippen LogP contribution is -2.56. The fourth-order valence-electron chi connectivity index (χ4n) is 2.43. The zero-order valence-electron chi connectivity index (χ0n) is 11.1. The first kappa shape index (κ1) is 12.9. The molecule has 1 amide bonds. The SMILES string of the molecule is O=C(NC1(CO)CCC1)c1ccc(-n2cccn2)cc1. The number of aromatic nitrogens is 2. The van der Waals surface area contributed by atoms with Gasteiger partial charge in [0.1, 0.15) is 0 Å². The molecule has 1 aliphatic carbocycles. The molecule has 0 radical (unpaired) electrons. The highest BCUT2D eigenvalue weighted by Gasteiger charge is 2.37. The summed E-state index contributed by atoms with van der Waals surface area (Å²) in [4.78, 5) is 12.2. The van der Waals surface area contributed by atoms with Gasteiger partial charge in [-0.05, 0) is 49.6 Å². The molecule has 5 nitrogen and oxygen atoms in total. The van der Waals surface area contributed by atoms with Crippen LogP contribution < -0.4 is 5.32 Å². The largest absolute Gasteiger partial charge is 0.394 e. The van der Waals surface area contributed by atoms with Crippen molar-refractivity contribution in [3.8, 4) is 5.69 Å². The minimum atomic E-state index is -0.405. The highest BCUT2D eigenvalue weighted by molar-refractivity contribution is 5.95. The van der Waals surface area contributed by atoms with Gasteiger partial charge in [0.2, 0.25) is 0 Å². The third kappa shape index (κ3) is 2.32. The van der Waals surface area contributed by atoms with Crippen LogP contribution in [0.4, 0.5) is 0 Å². The summed E-state index contributed by atoms with van der Waals surface area (Å²) in [6, 6.07) is 9.11. The molecule has 1 aliphatic rings. The van der Waals surface area contributed by atoms with Crippen LogP contribution in [0, 0.1) is 0 Å². The van der Waals surface area contributed by atoms with E-state index >= 15 is 0 Å². The van der Waals surface area contributed by atoms with Gasteiger partial charge in [-0.15, -0.1) is 0 Å². The highest BCUT2D eigenvalue weighted by Crippen LogP contribution is 2.31. The van der Waals surface area contributed by atoms with Crippen LogP contribution in [0.1, 0.15) is 29.6 Å². The number of rotatable bonds is 4. The topological polar surface area (TPSA) is 67.2 Å². The zero-order chi connectivity index (χ0) is 14.0. The number of nitrogens with one attached hydrogen (secondary N) is 1. The average Bonchev–Trinajstić information content (AvgIpc) is 2.97. The molecule has 1 heterocycles. The molecule has 2 aromatic rings. The van der Waals surface area contributed by atoms with Crippen LogP contribution in [0.15, 0.2) is 42.7 Å². The predicted molar refractivity (Wildman–Crippen MR) is 74.7 cm³/mol. The molecule has 0 spiro atoms. The van der Waals surface area contributed by atoms with Crippen molar-refractivity contribution in [2.24, 2.45) is 0 Å². The van der Waals surface area contributed by atoms with Gasteiger partial charge < -0.3 is 10.4 Å². The molecule has 0 unspecified atom stereocenters. The number of aliphatic hydroxyl groups is 1. The van der Waals surface area contributed by atoms with E-state index in [1.54, 1.807) is 23.0 Å². The van der Waals surface area contributed by atoms with E-state index in [1.165, 1.54) is 0 Å². The second kappa shape index (κ2) is 5.09. The van der Waals surface area contributed by atoms with E-state index < -0.39 is 5.54 Å². The minimum Gasteiger partial charge on any atom is -0.394 e. The van der Waals surface area contributed by atoms with Crippen LogP contribution in [-0.2, 0) is 0 Å². The van der Waals surface area contributed by atoms with Gasteiger partial charge in [-0.1, -0.05) is 0 Å². The summed E-state index contributed by atoms with van der Waals surface area (Å²) in [5, 5.41) is 16.5. The molecule has 0 atom stereocenters. The lowest BCUT2D eigenvalue weighted by molar-refractivity contribution is 0.0641. The van der Waals surface area contributed by atoms with Gasteiger partial charge in [0, 0.05) is 18.0 Å². The van der Waals surface area contributed by atoms with E-state index in [1.807, 2.05) is 24.4 Å². The Morgan fingerprint density at radius 2 is 2.10 bits per heavy atom. The molecule has 0 saturated heterocycles. The molecular weight excluding hydrogens is 254 g/mol. The lowest BCUT2D eigenvalue weighted by Gasteiger charge is -2.40. The highest BCUT2D eigenvalue weighted by atomic mass is 16.3. The number of hydrogen-bond acceptors (Lipinski definition) is 3. The summed E-state index contributed by atoms with van der Waals surface area (Å²) < 4.78 is 1.74. The van der Waals surface area contributed by atoms with Crippen LogP contribution >= 0.6 is 0 Å². The standard InChI is InChI=1S/C15H17N3O2/c19-11-15(7-1-8-15)17-14(20)12-3-5-13(6-4-12)18-10-2-9-16-18/h2-6,9-10,19H,1,7-8,11H2,(H,17,20). The van der Waals surface area contributed by atoms with Crippen molar-refractivity contribution in [2.45, 2.75) is 24.8 Å². The molecule has 0 aliphatic heterocycles. The molecule has 20 heavy (non-hydrogen) atoms. The van der Waals surface area contributed by atoms with Gasteiger partial charge >= 0.3 is 0 Å². The quantitative estimate of drug-likeness (QED) is 0.886. The molecule has 1 aromatic heterocycles. The Hall–Kier alpha value is -2.14. The maximum absolute atomic E-state index is 12.2. The van der Waals surface area contributed by atoms with Crippen molar-refractivity contribution in [1.29, 1.82) is 0 Å². The summed E-state index contributed by atoms with van der Waals surface area (Å²) in [5.41, 5.74) is 1.10. The monoisotopic (exact) mass is 271 g/mol. The van der Waals surface area contributed by atoms with Gasteiger partial charge in [-0.3, -0.25) is 4.79 Å². The van der Waals surface area contributed by atoms with Gasteiger partial charge in [0.25, 0.3) is 5.91 Å². The second-order valence-electron chi connectivity index (χ2n) is 5.24. The maximum Gasteiger partial charge on any atom is 0.251 e. The van der Waals surface area contributed by atoms with Crippen LogP contribution in [0.25, 0.3) is 5.69 Å². The van der Waals surface area contributed by atoms with Crippen molar-refractivity contribution in [1.82, 2.24) is 15.1 Å². The summed E-state index contributed by atoms with van der Waals surface area (Å²) in [7, 11) is 0. The fourth-order valence-corrected chi connectivity index (χ4v) is 2.43. The van der Waals surface area contributed by atoms with Gasteiger partial charge in [-0.2, -0.15) is 5.10 Å². The number of benzene rings is 1. The van der Waals surface area contributed by atoms with E-state index in [0.29, 0.717) is 5.56 Å². The molecular formula is C15H17N3O2. The zero-order valence-corrected chi connectivity index (χ0v) is 11.1. The van der Waals surface area contributed by atoms with Crippen molar-refractivity contribution in [3.05, 3.63) is 48.3 Å². The van der Waals surface area contributed by atoms with E-state index in [0.717, 1.165) is 24.9 Å². The Kier molecular flexibility index (Phi) is 3.28. The normalized spacial score (nSPS) is 16.4. The number of carbonyl (C=O) groups excluding carboxylic acids is 1. The molecule has 1 aromatic carbocycles.